The Labute approximate surface area is 140 Å². The molecular weight excluding hydrogens is 312 g/mol. The Bertz CT molecular complexity index is 528. The molecule has 0 saturated carbocycles. The van der Waals surface area contributed by atoms with Gasteiger partial charge in [-0.15, -0.1) is 0 Å². The lowest BCUT2D eigenvalue weighted by Crippen LogP contribution is -2.42. The lowest BCUT2D eigenvalue weighted by molar-refractivity contribution is -0.132. The zero-order valence-electron chi connectivity index (χ0n) is 14.2. The number of amides is 1. The summed E-state index contributed by atoms with van der Waals surface area (Å²) in [7, 11) is -2.94. The second-order valence-corrected chi connectivity index (χ2v) is 8.82. The number of rotatable bonds is 8. The highest BCUT2D eigenvalue weighted by Crippen LogP contribution is 2.20. The maximum atomic E-state index is 12.3. The van der Waals surface area contributed by atoms with Gasteiger partial charge in [-0.3, -0.25) is 4.79 Å². The summed E-state index contributed by atoms with van der Waals surface area (Å²) >= 11 is 0. The van der Waals surface area contributed by atoms with Crippen LogP contribution in [0.4, 0.5) is 0 Å². The summed E-state index contributed by atoms with van der Waals surface area (Å²) in [6, 6.07) is -0.120. The molecule has 0 aromatic carbocycles. The van der Waals surface area contributed by atoms with E-state index in [1.54, 1.807) is 10.5 Å². The van der Waals surface area contributed by atoms with E-state index in [1.807, 2.05) is 6.92 Å². The van der Waals surface area contributed by atoms with Gasteiger partial charge in [-0.25, -0.2) is 8.42 Å². The number of sulfone groups is 1. The number of hydrogen-bond donors (Lipinski definition) is 1. The summed E-state index contributed by atoms with van der Waals surface area (Å²) in [5.41, 5.74) is 1.54. The predicted molar refractivity (Wildman–Crippen MR) is 93.1 cm³/mol. The first-order valence-corrected chi connectivity index (χ1v) is 10.7. The third-order valence-corrected chi connectivity index (χ3v) is 6.58. The molecule has 1 aliphatic carbocycles. The Morgan fingerprint density at radius 3 is 2.78 bits per heavy atom. The van der Waals surface area contributed by atoms with Crippen molar-refractivity contribution in [2.75, 3.05) is 31.1 Å². The molecule has 1 heterocycles. The third-order valence-electron chi connectivity index (χ3n) is 4.83. The van der Waals surface area contributed by atoms with Crippen molar-refractivity contribution in [3.05, 3.63) is 11.6 Å². The van der Waals surface area contributed by atoms with Crippen molar-refractivity contribution < 1.29 is 13.2 Å². The molecule has 0 aromatic heterocycles. The van der Waals surface area contributed by atoms with Crippen molar-refractivity contribution in [1.82, 2.24) is 10.2 Å². The van der Waals surface area contributed by atoms with Crippen molar-refractivity contribution in [3.63, 3.8) is 0 Å². The third kappa shape index (κ3) is 5.92. The summed E-state index contributed by atoms with van der Waals surface area (Å²) in [6.07, 6.45) is 9.52. The fourth-order valence-electron chi connectivity index (χ4n) is 3.50. The van der Waals surface area contributed by atoms with Crippen molar-refractivity contribution in [2.24, 2.45) is 0 Å². The molecular formula is C17H30N2O3S. The Hall–Kier alpha value is -0.880. The van der Waals surface area contributed by atoms with Crippen molar-refractivity contribution in [1.29, 1.82) is 0 Å². The van der Waals surface area contributed by atoms with Crippen molar-refractivity contribution in [3.8, 4) is 0 Å². The zero-order valence-corrected chi connectivity index (χ0v) is 15.0. The molecule has 1 fully saturated rings. The molecule has 6 heteroatoms. The number of nitrogens with one attached hydrogen (secondary N) is 1. The monoisotopic (exact) mass is 342 g/mol. The van der Waals surface area contributed by atoms with Crippen LogP contribution in [0.15, 0.2) is 11.6 Å². The highest BCUT2D eigenvalue weighted by molar-refractivity contribution is 7.91. The predicted octanol–water partition coefficient (Wildman–Crippen LogP) is 1.89. The number of allylic oxidation sites excluding steroid dienone is 1. The van der Waals surface area contributed by atoms with Crippen LogP contribution in [0.1, 0.15) is 51.9 Å². The highest BCUT2D eigenvalue weighted by Gasteiger charge is 2.33. The fourth-order valence-corrected chi connectivity index (χ4v) is 5.23. The smallest absolute Gasteiger partial charge is 0.224 e. The van der Waals surface area contributed by atoms with Gasteiger partial charge in [0.2, 0.25) is 5.91 Å². The first-order chi connectivity index (χ1) is 11.0. The average molecular weight is 343 g/mol. The molecule has 1 amide bonds. The van der Waals surface area contributed by atoms with E-state index in [9.17, 15) is 13.2 Å². The minimum Gasteiger partial charge on any atom is -0.339 e. The molecule has 1 unspecified atom stereocenters. The van der Waals surface area contributed by atoms with Gasteiger partial charge in [0, 0.05) is 25.6 Å². The molecule has 2 rings (SSSR count). The van der Waals surface area contributed by atoms with Crippen LogP contribution in [0.2, 0.25) is 0 Å². The molecule has 132 valence electrons. The van der Waals surface area contributed by atoms with Crippen LogP contribution in [0.5, 0.6) is 0 Å². The van der Waals surface area contributed by atoms with Gasteiger partial charge >= 0.3 is 0 Å². The van der Waals surface area contributed by atoms with Crippen LogP contribution >= 0.6 is 0 Å². The van der Waals surface area contributed by atoms with E-state index < -0.39 is 9.84 Å². The van der Waals surface area contributed by atoms with Crippen molar-refractivity contribution >= 4 is 15.7 Å². The maximum Gasteiger partial charge on any atom is 0.224 e. The summed E-state index contributed by atoms with van der Waals surface area (Å²) in [5.74, 6) is 0.419. The largest absolute Gasteiger partial charge is 0.339 e. The Morgan fingerprint density at radius 2 is 2.17 bits per heavy atom. The first-order valence-electron chi connectivity index (χ1n) is 8.90. The van der Waals surface area contributed by atoms with Crippen LogP contribution in [-0.2, 0) is 14.6 Å². The molecule has 23 heavy (non-hydrogen) atoms. The molecule has 1 atom stereocenters. The fraction of sp³-hybridized carbons (Fsp3) is 0.824. The van der Waals surface area contributed by atoms with Crippen LogP contribution in [0.25, 0.3) is 0 Å². The van der Waals surface area contributed by atoms with E-state index >= 15 is 0 Å². The molecule has 1 N–H and O–H groups in total. The van der Waals surface area contributed by atoms with E-state index in [-0.39, 0.29) is 23.5 Å². The second-order valence-electron chi connectivity index (χ2n) is 6.59. The molecule has 0 aromatic rings. The quantitative estimate of drug-likeness (QED) is 0.540. The van der Waals surface area contributed by atoms with Gasteiger partial charge < -0.3 is 10.2 Å². The van der Waals surface area contributed by atoms with Gasteiger partial charge in [-0.1, -0.05) is 11.6 Å². The minimum absolute atomic E-state index is 0.0685. The van der Waals surface area contributed by atoms with Crippen LogP contribution < -0.4 is 5.32 Å². The number of carbonyl (C=O) groups is 1. The molecule has 0 radical (unpaired) electrons. The van der Waals surface area contributed by atoms with Gasteiger partial charge in [0.15, 0.2) is 9.84 Å². The van der Waals surface area contributed by atoms with Gasteiger partial charge in [0.1, 0.15) is 0 Å². The minimum atomic E-state index is -2.94. The lowest BCUT2D eigenvalue weighted by Gasteiger charge is -2.27. The second kappa shape index (κ2) is 8.83. The average Bonchev–Trinajstić information content (AvgIpc) is 2.88. The Kier molecular flexibility index (Phi) is 7.09. The van der Waals surface area contributed by atoms with E-state index in [0.717, 1.165) is 13.0 Å². The summed E-state index contributed by atoms with van der Waals surface area (Å²) in [4.78, 5) is 14.1. The first kappa shape index (κ1) is 18.5. The number of carbonyl (C=O) groups excluding carboxylic acids is 1. The molecule has 5 nitrogen and oxygen atoms in total. The number of hydrogen-bond acceptors (Lipinski definition) is 4. The van der Waals surface area contributed by atoms with Crippen LogP contribution in [0, 0.1) is 0 Å². The molecule has 1 saturated heterocycles. The van der Waals surface area contributed by atoms with Gasteiger partial charge in [0.25, 0.3) is 0 Å². The van der Waals surface area contributed by atoms with Crippen molar-refractivity contribution in [2.45, 2.75) is 57.9 Å². The Balaban J connectivity index is 1.66. The van der Waals surface area contributed by atoms with E-state index in [0.29, 0.717) is 25.9 Å². The molecule has 1 aliphatic heterocycles. The van der Waals surface area contributed by atoms with E-state index in [1.165, 1.54) is 25.7 Å². The van der Waals surface area contributed by atoms with E-state index in [4.69, 9.17) is 0 Å². The summed E-state index contributed by atoms with van der Waals surface area (Å²) in [6.45, 7) is 4.10. The van der Waals surface area contributed by atoms with Gasteiger partial charge in [-0.05, 0) is 52.0 Å². The van der Waals surface area contributed by atoms with Gasteiger partial charge in [0.05, 0.1) is 11.5 Å². The normalized spacial score (nSPS) is 23.5. The topological polar surface area (TPSA) is 66.5 Å². The summed E-state index contributed by atoms with van der Waals surface area (Å²) in [5, 5.41) is 3.34. The van der Waals surface area contributed by atoms with Crippen LogP contribution in [-0.4, -0.2) is 56.4 Å². The molecule has 0 bridgehead atoms. The van der Waals surface area contributed by atoms with Crippen LogP contribution in [0.3, 0.4) is 0 Å². The molecule has 2 aliphatic rings. The van der Waals surface area contributed by atoms with E-state index in [2.05, 4.69) is 11.4 Å². The summed E-state index contributed by atoms with van der Waals surface area (Å²) < 4.78 is 23.2. The van der Waals surface area contributed by atoms with Gasteiger partial charge in [-0.2, -0.15) is 0 Å². The lowest BCUT2D eigenvalue weighted by atomic mass is 9.97. The molecule has 0 spiro atoms. The maximum absolute atomic E-state index is 12.3. The highest BCUT2D eigenvalue weighted by atomic mass is 32.2. The zero-order chi connectivity index (χ0) is 16.7. The Morgan fingerprint density at radius 1 is 1.35 bits per heavy atom. The number of nitrogens with zero attached hydrogens (tertiary/aromatic N) is 1. The standard InChI is InChI=1S/C17H30N2O3S/c1-2-19(16-10-13-23(21,22)14-16)17(20)9-12-18-11-8-15-6-4-3-5-7-15/h6,16,18H,2-5,7-14H2,1H3. The SMILES string of the molecule is CCN(C(=O)CCNCCC1=CCCCC1)C1CCS(=O)(=O)C1.